The minimum atomic E-state index is -0.792. The maximum Gasteiger partial charge on any atom is 0.188 e. The predicted octanol–water partition coefficient (Wildman–Crippen LogP) is 3.56. The van der Waals surface area contributed by atoms with Crippen molar-refractivity contribution in [2.24, 2.45) is 0 Å². The fraction of sp³-hybridized carbons (Fsp3) is 0.435. The summed E-state index contributed by atoms with van der Waals surface area (Å²) in [5.41, 5.74) is 0.569. The molecule has 0 heterocycles. The van der Waals surface area contributed by atoms with E-state index in [0.717, 1.165) is 0 Å². The van der Waals surface area contributed by atoms with Crippen LogP contribution in [0.5, 0.6) is 34.5 Å². The second kappa shape index (κ2) is 11.4. The summed E-state index contributed by atoms with van der Waals surface area (Å²) in [6.45, 7) is 3.14. The van der Waals surface area contributed by atoms with Crippen LogP contribution in [0.15, 0.2) is 24.3 Å². The molecule has 2 rings (SSSR count). The molecule has 0 aromatic heterocycles. The van der Waals surface area contributed by atoms with Crippen LogP contribution in [0.1, 0.15) is 36.8 Å². The topological polar surface area (TPSA) is 113 Å². The van der Waals surface area contributed by atoms with Crippen LogP contribution in [0.25, 0.3) is 0 Å². The third-order valence-corrected chi connectivity index (χ3v) is 5.04. The standard InChI is InChI=1S/C23H30O9/c1-13(21-17(24)7-15(29-5)9-19(21)31-11-27-3)23(26)14(2)22-18(25)8-16(30-6)10-20(22)32-12-28-4/h7-10,13-14,24-25H,11-12H2,1-6H3. The Morgan fingerprint density at radius 1 is 0.750 bits per heavy atom. The number of aromatic hydroxyl groups is 2. The average Bonchev–Trinajstić information content (AvgIpc) is 2.79. The third kappa shape index (κ3) is 5.54. The van der Waals surface area contributed by atoms with E-state index in [1.54, 1.807) is 26.0 Å². The number of carbonyl (C=O) groups excluding carboxylic acids is 1. The van der Waals surface area contributed by atoms with Crippen molar-refractivity contribution >= 4 is 5.78 Å². The molecular weight excluding hydrogens is 420 g/mol. The van der Waals surface area contributed by atoms with Gasteiger partial charge in [-0.2, -0.15) is 0 Å². The van der Waals surface area contributed by atoms with Crippen LogP contribution >= 0.6 is 0 Å². The number of phenolic OH excluding ortho intramolecular Hbond substituents is 2. The first-order valence-corrected chi connectivity index (χ1v) is 9.87. The van der Waals surface area contributed by atoms with Crippen LogP contribution in [-0.4, -0.2) is 58.0 Å². The Morgan fingerprint density at radius 2 is 1.12 bits per heavy atom. The van der Waals surface area contributed by atoms with Crippen molar-refractivity contribution in [1.29, 1.82) is 0 Å². The number of carbonyl (C=O) groups is 1. The van der Waals surface area contributed by atoms with Gasteiger partial charge in [0, 0.05) is 61.4 Å². The highest BCUT2D eigenvalue weighted by Crippen LogP contribution is 2.44. The highest BCUT2D eigenvalue weighted by molar-refractivity contribution is 5.93. The molecule has 2 unspecified atom stereocenters. The fourth-order valence-electron chi connectivity index (χ4n) is 3.42. The van der Waals surface area contributed by atoms with Gasteiger partial charge in [-0.05, 0) is 0 Å². The number of rotatable bonds is 12. The first-order valence-electron chi connectivity index (χ1n) is 9.87. The molecule has 0 amide bonds. The molecule has 2 atom stereocenters. The van der Waals surface area contributed by atoms with Crippen molar-refractivity contribution in [2.75, 3.05) is 42.0 Å². The van der Waals surface area contributed by atoms with Crippen molar-refractivity contribution < 1.29 is 43.4 Å². The van der Waals surface area contributed by atoms with Crippen molar-refractivity contribution in [3.8, 4) is 34.5 Å². The Morgan fingerprint density at radius 3 is 1.44 bits per heavy atom. The van der Waals surface area contributed by atoms with Crippen molar-refractivity contribution in [3.63, 3.8) is 0 Å². The summed E-state index contributed by atoms with van der Waals surface area (Å²) in [5.74, 6) is -0.925. The number of methoxy groups -OCH3 is 4. The summed E-state index contributed by atoms with van der Waals surface area (Å²) in [6, 6.07) is 5.95. The third-order valence-electron chi connectivity index (χ3n) is 5.04. The molecule has 0 fully saturated rings. The van der Waals surface area contributed by atoms with E-state index in [0.29, 0.717) is 11.5 Å². The molecule has 2 aromatic rings. The van der Waals surface area contributed by atoms with Gasteiger partial charge < -0.3 is 38.6 Å². The monoisotopic (exact) mass is 450 g/mol. The molecule has 2 aromatic carbocycles. The number of phenols is 2. The molecular formula is C23H30O9. The Kier molecular flexibility index (Phi) is 8.98. The molecule has 2 N–H and O–H groups in total. The lowest BCUT2D eigenvalue weighted by atomic mass is 9.84. The molecule has 0 spiro atoms. The minimum absolute atomic E-state index is 0.0790. The predicted molar refractivity (Wildman–Crippen MR) is 116 cm³/mol. The molecule has 32 heavy (non-hydrogen) atoms. The maximum absolute atomic E-state index is 13.5. The lowest BCUT2D eigenvalue weighted by Gasteiger charge is -2.23. The van der Waals surface area contributed by atoms with E-state index in [-0.39, 0.29) is 53.5 Å². The zero-order valence-corrected chi connectivity index (χ0v) is 19.1. The number of ketones is 1. The Hall–Kier alpha value is -3.17. The van der Waals surface area contributed by atoms with Gasteiger partial charge in [-0.3, -0.25) is 4.79 Å². The van der Waals surface area contributed by atoms with Crippen LogP contribution in [0.4, 0.5) is 0 Å². The summed E-state index contributed by atoms with van der Waals surface area (Å²) < 4.78 is 31.4. The van der Waals surface area contributed by atoms with Crippen molar-refractivity contribution in [1.82, 2.24) is 0 Å². The van der Waals surface area contributed by atoms with Gasteiger partial charge in [-0.1, -0.05) is 13.8 Å². The van der Waals surface area contributed by atoms with E-state index in [1.807, 2.05) is 0 Å². The molecule has 0 aliphatic carbocycles. The molecule has 9 nitrogen and oxygen atoms in total. The number of Topliss-reactive ketones (excluding diaryl/α,β-unsaturated/α-hetero) is 1. The SMILES string of the molecule is COCOc1cc(OC)cc(O)c1C(C)C(=O)C(C)c1c(O)cc(OC)cc1OCOC. The summed E-state index contributed by atoms with van der Waals surface area (Å²) in [6.07, 6.45) is 0. The number of benzene rings is 2. The fourth-order valence-corrected chi connectivity index (χ4v) is 3.42. The van der Waals surface area contributed by atoms with E-state index in [4.69, 9.17) is 28.4 Å². The Balaban J connectivity index is 2.48. The van der Waals surface area contributed by atoms with E-state index in [9.17, 15) is 15.0 Å². The zero-order chi connectivity index (χ0) is 23.8. The molecule has 0 saturated heterocycles. The lowest BCUT2D eigenvalue weighted by molar-refractivity contribution is -0.121. The highest BCUT2D eigenvalue weighted by Gasteiger charge is 2.32. The molecule has 0 saturated carbocycles. The average molecular weight is 450 g/mol. The first kappa shape index (κ1) is 25.1. The van der Waals surface area contributed by atoms with Crippen LogP contribution < -0.4 is 18.9 Å². The Bertz CT molecular complexity index is 853. The second-order valence-corrected chi connectivity index (χ2v) is 7.06. The van der Waals surface area contributed by atoms with Crippen LogP contribution in [0.3, 0.4) is 0 Å². The zero-order valence-electron chi connectivity index (χ0n) is 19.1. The molecule has 176 valence electrons. The van der Waals surface area contributed by atoms with Crippen molar-refractivity contribution in [3.05, 3.63) is 35.4 Å². The van der Waals surface area contributed by atoms with Gasteiger partial charge in [-0.25, -0.2) is 0 Å². The summed E-state index contributed by atoms with van der Waals surface area (Å²) in [7, 11) is 5.84. The number of hydrogen-bond donors (Lipinski definition) is 2. The quantitative estimate of drug-likeness (QED) is 0.469. The second-order valence-electron chi connectivity index (χ2n) is 7.06. The molecule has 0 radical (unpaired) electrons. The van der Waals surface area contributed by atoms with E-state index in [2.05, 4.69) is 0 Å². The lowest BCUT2D eigenvalue weighted by Crippen LogP contribution is -2.19. The van der Waals surface area contributed by atoms with Gasteiger partial charge in [0.05, 0.1) is 14.2 Å². The minimum Gasteiger partial charge on any atom is -0.507 e. The number of ether oxygens (including phenoxy) is 6. The first-order chi connectivity index (χ1) is 15.3. The highest BCUT2D eigenvalue weighted by atomic mass is 16.7. The van der Waals surface area contributed by atoms with Crippen molar-refractivity contribution in [2.45, 2.75) is 25.7 Å². The van der Waals surface area contributed by atoms with Crippen LogP contribution in [-0.2, 0) is 14.3 Å². The molecule has 0 bridgehead atoms. The summed E-state index contributed by atoms with van der Waals surface area (Å²) in [5, 5.41) is 21.2. The largest absolute Gasteiger partial charge is 0.507 e. The summed E-state index contributed by atoms with van der Waals surface area (Å²) in [4.78, 5) is 13.5. The van der Waals surface area contributed by atoms with Crippen LogP contribution in [0, 0.1) is 0 Å². The van der Waals surface area contributed by atoms with Crippen LogP contribution in [0.2, 0.25) is 0 Å². The summed E-state index contributed by atoms with van der Waals surface area (Å²) >= 11 is 0. The molecule has 0 aliphatic rings. The maximum atomic E-state index is 13.5. The smallest absolute Gasteiger partial charge is 0.188 e. The van der Waals surface area contributed by atoms with Gasteiger partial charge in [0.1, 0.15) is 40.3 Å². The van der Waals surface area contributed by atoms with Gasteiger partial charge in [0.2, 0.25) is 0 Å². The molecule has 0 aliphatic heterocycles. The van der Waals surface area contributed by atoms with Gasteiger partial charge in [-0.15, -0.1) is 0 Å². The van der Waals surface area contributed by atoms with Gasteiger partial charge in [0.25, 0.3) is 0 Å². The van der Waals surface area contributed by atoms with Gasteiger partial charge >= 0.3 is 0 Å². The Labute approximate surface area is 187 Å². The molecule has 9 heteroatoms. The van der Waals surface area contributed by atoms with E-state index in [1.165, 1.54) is 40.6 Å². The van der Waals surface area contributed by atoms with Gasteiger partial charge in [0.15, 0.2) is 13.6 Å². The number of hydrogen-bond acceptors (Lipinski definition) is 9. The normalized spacial score (nSPS) is 12.7. The van der Waals surface area contributed by atoms with E-state index < -0.39 is 11.8 Å². The van der Waals surface area contributed by atoms with E-state index >= 15 is 0 Å².